The lowest BCUT2D eigenvalue weighted by Gasteiger charge is -2.55. The molecule has 0 spiro atoms. The third-order valence-corrected chi connectivity index (χ3v) is 11.2. The van der Waals surface area contributed by atoms with Crippen LogP contribution in [0.15, 0.2) is 85.6 Å². The molecule has 3 atom stereocenters. The Morgan fingerprint density at radius 3 is 2.47 bits per heavy atom. The molecule has 0 aliphatic carbocycles. The van der Waals surface area contributed by atoms with E-state index in [0.29, 0.717) is 18.6 Å². The maximum absolute atomic E-state index is 14.6. The zero-order valence-electron chi connectivity index (χ0n) is 30.8. The number of rotatable bonds is 11. The van der Waals surface area contributed by atoms with E-state index in [0.717, 1.165) is 61.8 Å². The number of amides is 4. The van der Waals surface area contributed by atoms with Gasteiger partial charge in [0.2, 0.25) is 11.8 Å². The minimum Gasteiger partial charge on any atom is -0.508 e. The fourth-order valence-electron chi connectivity index (χ4n) is 8.28. The first-order valence-electron chi connectivity index (χ1n) is 18.8. The van der Waals surface area contributed by atoms with Gasteiger partial charge >= 0.3 is 6.03 Å². The number of benzene rings is 2. The van der Waals surface area contributed by atoms with Crippen LogP contribution in [0.5, 0.6) is 5.75 Å². The van der Waals surface area contributed by atoms with Gasteiger partial charge in [-0.3, -0.25) is 24.4 Å². The van der Waals surface area contributed by atoms with Crippen molar-refractivity contribution in [3.05, 3.63) is 102 Å². The molecular weight excluding hydrogens is 670 g/mol. The van der Waals surface area contributed by atoms with Gasteiger partial charge in [0.1, 0.15) is 18.0 Å². The van der Waals surface area contributed by atoms with Crippen LogP contribution in [0.3, 0.4) is 0 Å². The van der Waals surface area contributed by atoms with Gasteiger partial charge in [0.05, 0.1) is 31.0 Å². The second-order valence-electron chi connectivity index (χ2n) is 14.5. The second-order valence-corrected chi connectivity index (χ2v) is 14.5. The Hall–Kier alpha value is -4.98. The second kappa shape index (κ2) is 15.9. The van der Waals surface area contributed by atoms with E-state index < -0.39 is 12.2 Å². The van der Waals surface area contributed by atoms with Crippen LogP contribution in [0, 0.1) is 0 Å². The zero-order chi connectivity index (χ0) is 37.1. The van der Waals surface area contributed by atoms with Crippen LogP contribution in [0.2, 0.25) is 0 Å². The average molecular weight is 722 g/mol. The number of piperazine rings is 2. The summed E-state index contributed by atoms with van der Waals surface area (Å²) in [6.07, 6.45) is 2.89. The number of nitrogens with zero attached hydrogens (tertiary/aromatic N) is 8. The quantitative estimate of drug-likeness (QED) is 0.289. The number of likely N-dealkylation sites (N-methyl/N-ethyl adjacent to an activating group) is 1. The highest BCUT2D eigenvalue weighted by atomic mass is 16.3. The third kappa shape index (κ3) is 7.73. The first kappa shape index (κ1) is 36.4. The first-order valence-corrected chi connectivity index (χ1v) is 18.8. The number of fused-ring (bicyclic) bond motifs is 1. The van der Waals surface area contributed by atoms with Crippen molar-refractivity contribution in [3.8, 4) is 5.75 Å². The van der Waals surface area contributed by atoms with Gasteiger partial charge in [-0.25, -0.2) is 14.8 Å². The van der Waals surface area contributed by atoms with E-state index in [9.17, 15) is 19.5 Å². The van der Waals surface area contributed by atoms with Crippen molar-refractivity contribution < 1.29 is 19.5 Å². The molecule has 4 aliphatic heterocycles. The Bertz CT molecular complexity index is 1770. The number of anilines is 1. The molecule has 3 aromatic rings. The molecule has 0 radical (unpaired) electrons. The van der Waals surface area contributed by atoms with Crippen LogP contribution in [0.4, 0.5) is 10.5 Å². The Balaban J connectivity index is 1.15. The van der Waals surface area contributed by atoms with Gasteiger partial charge in [-0.15, -0.1) is 6.58 Å². The standard InChI is InChI=1S/C40H51N9O4/c1-4-18-47-28-38(51)48-36(21-30-13-15-33(50)16-14-30)39(52)46(27-37(48)49(47)40(53)42-22-31-10-7-6-8-11-31)26-34-35(12-9-17-41-34)45-24-32(25-45)44-20-19-43(5-2)29(3)23-44/h4,6-17,29,32,36-37,50H,1,5,18-28H2,2-3H3,(H,42,53)/t29-,36+,37+/m1/s1. The molecule has 0 bridgehead atoms. The molecule has 53 heavy (non-hydrogen) atoms. The van der Waals surface area contributed by atoms with Crippen molar-refractivity contribution in [1.29, 1.82) is 0 Å². The predicted octanol–water partition coefficient (Wildman–Crippen LogP) is 2.74. The number of nitrogens with one attached hydrogen (secondary N) is 1. The Kier molecular flexibility index (Phi) is 10.9. The Labute approximate surface area is 312 Å². The number of phenols is 1. The molecule has 0 saturated carbocycles. The van der Waals surface area contributed by atoms with E-state index in [2.05, 4.69) is 46.5 Å². The summed E-state index contributed by atoms with van der Waals surface area (Å²) in [5, 5.41) is 16.3. The van der Waals surface area contributed by atoms with Crippen LogP contribution in [-0.4, -0.2) is 141 Å². The van der Waals surface area contributed by atoms with Crippen molar-refractivity contribution in [2.24, 2.45) is 0 Å². The predicted molar refractivity (Wildman–Crippen MR) is 202 cm³/mol. The molecule has 4 fully saturated rings. The van der Waals surface area contributed by atoms with Crippen molar-refractivity contribution >= 4 is 23.5 Å². The fraction of sp³-hybridized carbons (Fsp3) is 0.450. The van der Waals surface area contributed by atoms with Gasteiger partial charge in [-0.05, 0) is 48.9 Å². The van der Waals surface area contributed by atoms with E-state index in [1.54, 1.807) is 56.4 Å². The van der Waals surface area contributed by atoms with Gasteiger partial charge in [-0.1, -0.05) is 55.5 Å². The van der Waals surface area contributed by atoms with Crippen molar-refractivity contribution in [3.63, 3.8) is 0 Å². The third-order valence-electron chi connectivity index (χ3n) is 11.2. The number of hydrazine groups is 1. The largest absolute Gasteiger partial charge is 0.508 e. The number of aromatic nitrogens is 1. The smallest absolute Gasteiger partial charge is 0.334 e. The topological polar surface area (TPSA) is 119 Å². The van der Waals surface area contributed by atoms with Gasteiger partial charge in [0.15, 0.2) is 0 Å². The first-order chi connectivity index (χ1) is 25.7. The molecule has 4 aliphatic rings. The van der Waals surface area contributed by atoms with E-state index >= 15 is 0 Å². The SMILES string of the molecule is C=CCN1CC(=O)N2[C@@H](Cc3ccc(O)cc3)C(=O)N(Cc3ncccc3N3CC(N4CCN(CC)[C@H](C)C4)C3)C[C@@H]2N1C(=O)NCc1ccccc1. The van der Waals surface area contributed by atoms with Crippen LogP contribution < -0.4 is 10.2 Å². The summed E-state index contributed by atoms with van der Waals surface area (Å²) in [4.78, 5) is 58.3. The number of aromatic hydroxyl groups is 1. The summed E-state index contributed by atoms with van der Waals surface area (Å²) in [5.41, 5.74) is 3.52. The molecular formula is C40H51N9O4. The summed E-state index contributed by atoms with van der Waals surface area (Å²) in [6.45, 7) is 15.3. The molecule has 0 unspecified atom stereocenters. The number of hydrogen-bond donors (Lipinski definition) is 2. The van der Waals surface area contributed by atoms with Crippen molar-refractivity contribution in [2.45, 2.75) is 57.6 Å². The molecule has 280 valence electrons. The maximum atomic E-state index is 14.6. The van der Waals surface area contributed by atoms with Gasteiger partial charge < -0.3 is 25.1 Å². The summed E-state index contributed by atoms with van der Waals surface area (Å²) >= 11 is 0. The van der Waals surface area contributed by atoms with E-state index in [1.165, 1.54) is 0 Å². The van der Waals surface area contributed by atoms with Crippen molar-refractivity contribution in [1.82, 2.24) is 39.9 Å². The van der Waals surface area contributed by atoms with E-state index in [4.69, 9.17) is 4.98 Å². The molecule has 13 heteroatoms. The summed E-state index contributed by atoms with van der Waals surface area (Å²) in [6, 6.07) is 20.1. The maximum Gasteiger partial charge on any atom is 0.334 e. The Morgan fingerprint density at radius 1 is 0.981 bits per heavy atom. The molecule has 13 nitrogen and oxygen atoms in total. The minimum absolute atomic E-state index is 0.0760. The lowest BCUT2D eigenvalue weighted by molar-refractivity contribution is -0.189. The lowest BCUT2D eigenvalue weighted by Crippen LogP contribution is -2.76. The van der Waals surface area contributed by atoms with Gasteiger partial charge in [0.25, 0.3) is 0 Å². The van der Waals surface area contributed by atoms with Gasteiger partial charge in [0, 0.05) is 70.5 Å². The molecule has 2 aromatic carbocycles. The van der Waals surface area contributed by atoms with E-state index in [-0.39, 0.29) is 56.2 Å². The summed E-state index contributed by atoms with van der Waals surface area (Å²) in [5.74, 6) is -0.322. The fourth-order valence-corrected chi connectivity index (χ4v) is 8.28. The highest BCUT2D eigenvalue weighted by molar-refractivity contribution is 5.91. The van der Waals surface area contributed by atoms with Gasteiger partial charge in [-0.2, -0.15) is 0 Å². The molecule has 2 N–H and O–H groups in total. The molecule has 4 amide bonds. The number of pyridine rings is 1. The molecule has 4 saturated heterocycles. The highest BCUT2D eigenvalue weighted by Gasteiger charge is 2.51. The van der Waals surface area contributed by atoms with Crippen LogP contribution in [0.25, 0.3) is 0 Å². The molecule has 5 heterocycles. The zero-order valence-corrected chi connectivity index (χ0v) is 30.8. The van der Waals surface area contributed by atoms with Crippen LogP contribution in [0.1, 0.15) is 30.7 Å². The highest BCUT2D eigenvalue weighted by Crippen LogP contribution is 2.32. The number of phenolic OH excluding ortho intramolecular Hbond substituents is 1. The van der Waals surface area contributed by atoms with Crippen LogP contribution >= 0.6 is 0 Å². The number of hydrogen-bond acceptors (Lipinski definition) is 9. The monoisotopic (exact) mass is 721 g/mol. The number of urea groups is 1. The Morgan fingerprint density at radius 2 is 1.75 bits per heavy atom. The van der Waals surface area contributed by atoms with Crippen LogP contribution in [-0.2, 0) is 29.1 Å². The number of carbonyl (C=O) groups excluding carboxylic acids is 3. The summed E-state index contributed by atoms with van der Waals surface area (Å²) in [7, 11) is 0. The normalized spacial score (nSPS) is 23.2. The van der Waals surface area contributed by atoms with E-state index in [1.807, 2.05) is 36.4 Å². The average Bonchev–Trinajstić information content (AvgIpc) is 3.14. The van der Waals surface area contributed by atoms with Crippen molar-refractivity contribution in [2.75, 3.05) is 63.8 Å². The lowest BCUT2D eigenvalue weighted by atomic mass is 9.98. The molecule has 1 aromatic heterocycles. The molecule has 7 rings (SSSR count). The number of carbonyl (C=O) groups is 3. The minimum atomic E-state index is -0.870. The summed E-state index contributed by atoms with van der Waals surface area (Å²) < 4.78 is 0.